The molecule has 2 N–H and O–H groups in total. The second-order valence-corrected chi connectivity index (χ2v) is 7.56. The summed E-state index contributed by atoms with van der Waals surface area (Å²) in [6.07, 6.45) is 1.30. The van der Waals surface area contributed by atoms with Crippen molar-refractivity contribution in [2.45, 2.75) is 31.2 Å². The van der Waals surface area contributed by atoms with Gasteiger partial charge in [0, 0.05) is 0 Å². The molecule has 5 nitrogen and oxygen atoms in total. The number of aliphatic carboxylic acids is 1. The maximum Gasteiger partial charge on any atom is 0.354 e. The number of aliphatic hydroxyl groups is 1. The van der Waals surface area contributed by atoms with E-state index >= 15 is 0 Å². The van der Waals surface area contributed by atoms with Crippen LogP contribution in [0.25, 0.3) is 0 Å². The van der Waals surface area contributed by atoms with Crippen molar-refractivity contribution in [3.8, 4) is 0 Å². The molecule has 0 radical (unpaired) electrons. The van der Waals surface area contributed by atoms with Gasteiger partial charge in [0.2, 0.25) is 5.91 Å². The SMILES string of the molecule is C=CC[C@]12SC(SCC)=C(C(=O)O)N1C(=O)[C@@H]2C(C)O. The first-order valence-electron chi connectivity index (χ1n) is 6.33. The van der Waals surface area contributed by atoms with E-state index in [-0.39, 0.29) is 11.6 Å². The number of fused-ring (bicyclic) bond motifs is 1. The van der Waals surface area contributed by atoms with E-state index in [0.29, 0.717) is 10.7 Å². The van der Waals surface area contributed by atoms with E-state index in [9.17, 15) is 19.8 Å². The van der Waals surface area contributed by atoms with Crippen LogP contribution in [0.1, 0.15) is 20.3 Å². The number of hydrogen-bond donors (Lipinski definition) is 2. The second-order valence-electron chi connectivity index (χ2n) is 4.71. The second kappa shape index (κ2) is 5.46. The smallest absolute Gasteiger partial charge is 0.354 e. The number of amides is 1. The zero-order chi connectivity index (χ0) is 15.1. The summed E-state index contributed by atoms with van der Waals surface area (Å²) in [5.74, 6) is -1.28. The van der Waals surface area contributed by atoms with E-state index in [2.05, 4.69) is 6.58 Å². The normalized spacial score (nSPS) is 30.1. The van der Waals surface area contributed by atoms with Crippen molar-refractivity contribution in [1.29, 1.82) is 0 Å². The molecule has 0 spiro atoms. The minimum Gasteiger partial charge on any atom is -0.477 e. The number of β-lactam (4-membered cyclic amide) rings is 1. The number of carbonyl (C=O) groups is 2. The standard InChI is InChI=1S/C13H17NO4S2/c1-4-6-13-8(7(3)15)10(16)14(13)9(11(17)18)12(20-13)19-5-2/h4,7-8,15H,1,5-6H2,2-3H3,(H,17,18)/t7?,8-,13+/m0/s1. The van der Waals surface area contributed by atoms with E-state index in [1.165, 1.54) is 28.4 Å². The van der Waals surface area contributed by atoms with Crippen LogP contribution in [0.4, 0.5) is 0 Å². The number of aliphatic hydroxyl groups excluding tert-OH is 1. The predicted octanol–water partition coefficient (Wildman–Crippen LogP) is 1.85. The van der Waals surface area contributed by atoms with Gasteiger partial charge in [-0.25, -0.2) is 4.79 Å². The number of nitrogens with zero attached hydrogens (tertiary/aromatic N) is 1. The average molecular weight is 315 g/mol. The lowest BCUT2D eigenvalue weighted by molar-refractivity contribution is -0.166. The van der Waals surface area contributed by atoms with Gasteiger partial charge in [0.25, 0.3) is 0 Å². The molecule has 0 bridgehead atoms. The fraction of sp³-hybridized carbons (Fsp3) is 0.538. The Labute approximate surface area is 126 Å². The molecule has 0 saturated carbocycles. The first-order valence-corrected chi connectivity index (χ1v) is 8.13. The van der Waals surface area contributed by atoms with Gasteiger partial charge < -0.3 is 10.2 Å². The molecule has 7 heteroatoms. The van der Waals surface area contributed by atoms with Crippen LogP contribution in [0.2, 0.25) is 0 Å². The molecular formula is C13H17NO4S2. The molecule has 110 valence electrons. The van der Waals surface area contributed by atoms with E-state index in [1.807, 2.05) is 6.92 Å². The minimum absolute atomic E-state index is 0.0469. The van der Waals surface area contributed by atoms with Crippen molar-refractivity contribution in [3.05, 3.63) is 22.6 Å². The molecule has 2 rings (SSSR count). The third kappa shape index (κ3) is 1.99. The summed E-state index contributed by atoms with van der Waals surface area (Å²) in [5.41, 5.74) is 0.0469. The van der Waals surface area contributed by atoms with Crippen LogP contribution in [-0.4, -0.2) is 43.7 Å². The van der Waals surface area contributed by atoms with Gasteiger partial charge in [-0.3, -0.25) is 9.69 Å². The van der Waals surface area contributed by atoms with E-state index in [4.69, 9.17) is 0 Å². The number of carbonyl (C=O) groups excluding carboxylic acids is 1. The third-order valence-electron chi connectivity index (χ3n) is 3.43. The number of hydrogen-bond acceptors (Lipinski definition) is 5. The third-order valence-corrected chi connectivity index (χ3v) is 6.12. The van der Waals surface area contributed by atoms with Crippen molar-refractivity contribution in [1.82, 2.24) is 4.90 Å². The van der Waals surface area contributed by atoms with Crippen molar-refractivity contribution >= 4 is 35.4 Å². The highest BCUT2D eigenvalue weighted by atomic mass is 32.2. The lowest BCUT2D eigenvalue weighted by atomic mass is 9.80. The fourth-order valence-corrected chi connectivity index (χ4v) is 5.86. The van der Waals surface area contributed by atoms with Crippen LogP contribution in [-0.2, 0) is 9.59 Å². The molecule has 0 aromatic carbocycles. The van der Waals surface area contributed by atoms with Gasteiger partial charge in [-0.2, -0.15) is 0 Å². The molecule has 2 heterocycles. The lowest BCUT2D eigenvalue weighted by Gasteiger charge is -2.54. The van der Waals surface area contributed by atoms with Gasteiger partial charge >= 0.3 is 5.97 Å². The highest BCUT2D eigenvalue weighted by Crippen LogP contribution is 2.62. The highest BCUT2D eigenvalue weighted by molar-refractivity contribution is 8.23. The quantitative estimate of drug-likeness (QED) is 0.575. The van der Waals surface area contributed by atoms with E-state index < -0.39 is 22.9 Å². The Kier molecular flexibility index (Phi) is 4.22. The Bertz CT molecular complexity index is 503. The number of thioether (sulfide) groups is 2. The molecule has 1 saturated heterocycles. The summed E-state index contributed by atoms with van der Waals surface area (Å²) in [6, 6.07) is 0. The van der Waals surface area contributed by atoms with Gasteiger partial charge in [-0.1, -0.05) is 24.8 Å². The summed E-state index contributed by atoms with van der Waals surface area (Å²) in [5, 5.41) is 19.2. The molecule has 1 amide bonds. The average Bonchev–Trinajstić information content (AvgIpc) is 2.60. The molecular weight excluding hydrogens is 298 g/mol. The van der Waals surface area contributed by atoms with Crippen molar-refractivity contribution in [2.24, 2.45) is 5.92 Å². The fourth-order valence-electron chi connectivity index (χ4n) is 2.76. The van der Waals surface area contributed by atoms with Gasteiger partial charge in [0.15, 0.2) is 5.70 Å². The topological polar surface area (TPSA) is 77.8 Å². The van der Waals surface area contributed by atoms with Crippen LogP contribution in [0.5, 0.6) is 0 Å². The van der Waals surface area contributed by atoms with Crippen molar-refractivity contribution in [2.75, 3.05) is 5.75 Å². The maximum atomic E-state index is 12.2. The molecule has 1 fully saturated rings. The lowest BCUT2D eigenvalue weighted by Crippen LogP contribution is -2.69. The molecule has 1 unspecified atom stereocenters. The van der Waals surface area contributed by atoms with E-state index in [0.717, 1.165) is 5.75 Å². The first-order chi connectivity index (χ1) is 9.40. The first kappa shape index (κ1) is 15.5. The Hall–Kier alpha value is -0.920. The Morgan fingerprint density at radius 1 is 1.70 bits per heavy atom. The van der Waals surface area contributed by atoms with Gasteiger partial charge in [0.05, 0.1) is 16.3 Å². The number of carboxylic acids is 1. The molecule has 2 aliphatic heterocycles. The van der Waals surface area contributed by atoms with Crippen LogP contribution < -0.4 is 0 Å². The molecule has 0 aliphatic carbocycles. The maximum absolute atomic E-state index is 12.2. The Morgan fingerprint density at radius 3 is 2.80 bits per heavy atom. The van der Waals surface area contributed by atoms with Crippen molar-refractivity contribution < 1.29 is 19.8 Å². The molecule has 20 heavy (non-hydrogen) atoms. The molecule has 0 aromatic rings. The minimum atomic E-state index is -1.10. The predicted molar refractivity (Wildman–Crippen MR) is 79.9 cm³/mol. The molecule has 3 atom stereocenters. The van der Waals surface area contributed by atoms with Crippen LogP contribution in [0.15, 0.2) is 22.6 Å². The van der Waals surface area contributed by atoms with Gasteiger partial charge in [-0.05, 0) is 19.1 Å². The zero-order valence-corrected chi connectivity index (χ0v) is 13.0. The van der Waals surface area contributed by atoms with E-state index in [1.54, 1.807) is 13.0 Å². The van der Waals surface area contributed by atoms with Crippen LogP contribution in [0, 0.1) is 5.92 Å². The van der Waals surface area contributed by atoms with Gasteiger partial charge in [-0.15, -0.1) is 18.3 Å². The monoisotopic (exact) mass is 315 g/mol. The summed E-state index contributed by atoms with van der Waals surface area (Å²) < 4.78 is 0.637. The molecule has 0 aromatic heterocycles. The Morgan fingerprint density at radius 2 is 2.35 bits per heavy atom. The number of rotatable bonds is 6. The largest absolute Gasteiger partial charge is 0.477 e. The van der Waals surface area contributed by atoms with Crippen molar-refractivity contribution in [3.63, 3.8) is 0 Å². The van der Waals surface area contributed by atoms with Crippen LogP contribution >= 0.6 is 23.5 Å². The summed E-state index contributed by atoms with van der Waals surface area (Å²) >= 11 is 2.78. The molecule has 2 aliphatic rings. The Balaban J connectivity index is 2.45. The summed E-state index contributed by atoms with van der Waals surface area (Å²) in [7, 11) is 0. The highest BCUT2D eigenvalue weighted by Gasteiger charge is 2.67. The number of carboxylic acid groups (broad SMARTS) is 1. The summed E-state index contributed by atoms with van der Waals surface area (Å²) in [6.45, 7) is 7.19. The zero-order valence-electron chi connectivity index (χ0n) is 11.3. The summed E-state index contributed by atoms with van der Waals surface area (Å²) in [4.78, 5) is 24.3. The van der Waals surface area contributed by atoms with Crippen LogP contribution in [0.3, 0.4) is 0 Å². The van der Waals surface area contributed by atoms with Gasteiger partial charge in [0.1, 0.15) is 4.87 Å².